The first kappa shape index (κ1) is 15.3. The predicted molar refractivity (Wildman–Crippen MR) is 94.7 cm³/mol. The van der Waals surface area contributed by atoms with Gasteiger partial charge in [0.2, 0.25) is 0 Å². The average molecular weight is 327 g/mol. The Balaban J connectivity index is 1.76. The van der Waals surface area contributed by atoms with E-state index < -0.39 is 0 Å². The molecule has 2 aromatic carbocycles. The quantitative estimate of drug-likeness (QED) is 0.741. The summed E-state index contributed by atoms with van der Waals surface area (Å²) in [6, 6.07) is 11.2. The standard InChI is InChI=1S/C17H17N3O2S/c1-10-7-8-12(9-11(10)2)18-16(21)20-17-19-15-13(22-3)5-4-6-14(15)23-17/h4-9H,1-3H3,(H2,18,19,20,21). The Morgan fingerprint density at radius 2 is 1.96 bits per heavy atom. The van der Waals surface area contributed by atoms with Crippen LogP contribution < -0.4 is 15.4 Å². The van der Waals surface area contributed by atoms with Crippen LogP contribution in [-0.4, -0.2) is 18.1 Å². The number of methoxy groups -OCH3 is 1. The molecule has 5 nitrogen and oxygen atoms in total. The molecular formula is C17H17N3O2S. The molecule has 118 valence electrons. The fourth-order valence-corrected chi connectivity index (χ4v) is 3.10. The lowest BCUT2D eigenvalue weighted by atomic mass is 10.1. The van der Waals surface area contributed by atoms with Gasteiger partial charge in [0, 0.05) is 5.69 Å². The summed E-state index contributed by atoms with van der Waals surface area (Å²) in [7, 11) is 1.60. The highest BCUT2D eigenvalue weighted by Gasteiger charge is 2.11. The minimum Gasteiger partial charge on any atom is -0.494 e. The fraction of sp³-hybridized carbons (Fsp3) is 0.176. The number of para-hydroxylation sites is 1. The second-order valence-corrected chi connectivity index (χ2v) is 6.23. The molecular weight excluding hydrogens is 310 g/mol. The zero-order chi connectivity index (χ0) is 16.4. The maximum atomic E-state index is 12.1. The van der Waals surface area contributed by atoms with Crippen LogP contribution in [0, 0.1) is 13.8 Å². The highest BCUT2D eigenvalue weighted by atomic mass is 32.1. The number of hydrogen-bond acceptors (Lipinski definition) is 4. The molecule has 0 aliphatic carbocycles. The average Bonchev–Trinajstić information content (AvgIpc) is 2.92. The van der Waals surface area contributed by atoms with Crippen LogP contribution in [0.15, 0.2) is 36.4 Å². The number of anilines is 2. The number of thiazole rings is 1. The number of carbonyl (C=O) groups excluding carboxylic acids is 1. The fourth-order valence-electron chi connectivity index (χ4n) is 2.22. The topological polar surface area (TPSA) is 63.2 Å². The van der Waals surface area contributed by atoms with Crippen molar-refractivity contribution in [3.8, 4) is 5.75 Å². The number of rotatable bonds is 3. The molecule has 3 rings (SSSR count). The molecule has 0 aliphatic rings. The van der Waals surface area contributed by atoms with Gasteiger partial charge in [-0.15, -0.1) is 0 Å². The Labute approximate surface area is 138 Å². The van der Waals surface area contributed by atoms with Crippen LogP contribution in [0.1, 0.15) is 11.1 Å². The van der Waals surface area contributed by atoms with E-state index in [2.05, 4.69) is 15.6 Å². The number of carbonyl (C=O) groups is 1. The lowest BCUT2D eigenvalue weighted by Crippen LogP contribution is -2.19. The number of aryl methyl sites for hydroxylation is 2. The van der Waals surface area contributed by atoms with Gasteiger partial charge in [0.05, 0.1) is 11.8 Å². The van der Waals surface area contributed by atoms with Gasteiger partial charge in [-0.05, 0) is 49.2 Å². The number of nitrogens with zero attached hydrogens (tertiary/aromatic N) is 1. The Kier molecular flexibility index (Phi) is 4.16. The Morgan fingerprint density at radius 3 is 2.70 bits per heavy atom. The molecule has 0 aliphatic heterocycles. The van der Waals surface area contributed by atoms with Gasteiger partial charge in [-0.3, -0.25) is 5.32 Å². The summed E-state index contributed by atoms with van der Waals surface area (Å²) in [6.45, 7) is 4.05. The summed E-state index contributed by atoms with van der Waals surface area (Å²) in [5.74, 6) is 0.696. The molecule has 0 bridgehead atoms. The number of fused-ring (bicyclic) bond motifs is 1. The van der Waals surface area contributed by atoms with Crippen molar-refractivity contribution >= 4 is 38.4 Å². The summed E-state index contributed by atoms with van der Waals surface area (Å²) in [5, 5.41) is 6.12. The maximum absolute atomic E-state index is 12.1. The second kappa shape index (κ2) is 6.26. The van der Waals surface area contributed by atoms with E-state index in [0.717, 1.165) is 21.5 Å². The lowest BCUT2D eigenvalue weighted by molar-refractivity contribution is 0.262. The normalized spacial score (nSPS) is 10.6. The van der Waals surface area contributed by atoms with Crippen molar-refractivity contribution in [3.63, 3.8) is 0 Å². The Hall–Kier alpha value is -2.60. The molecule has 0 radical (unpaired) electrons. The largest absolute Gasteiger partial charge is 0.494 e. The van der Waals surface area contributed by atoms with Crippen molar-refractivity contribution in [2.75, 3.05) is 17.7 Å². The van der Waals surface area contributed by atoms with Crippen molar-refractivity contribution in [2.24, 2.45) is 0 Å². The molecule has 6 heteroatoms. The number of nitrogens with one attached hydrogen (secondary N) is 2. The predicted octanol–water partition coefficient (Wildman–Crippen LogP) is 4.57. The van der Waals surface area contributed by atoms with Crippen LogP contribution in [0.25, 0.3) is 10.2 Å². The van der Waals surface area contributed by atoms with Gasteiger partial charge >= 0.3 is 6.03 Å². The third kappa shape index (κ3) is 3.27. The van der Waals surface area contributed by atoms with Gasteiger partial charge in [0.25, 0.3) is 0 Å². The highest BCUT2D eigenvalue weighted by molar-refractivity contribution is 7.22. The van der Waals surface area contributed by atoms with Crippen LogP contribution in [0.3, 0.4) is 0 Å². The number of benzene rings is 2. The Bertz CT molecular complexity index is 873. The van der Waals surface area contributed by atoms with Crippen LogP contribution >= 0.6 is 11.3 Å². The van der Waals surface area contributed by atoms with Gasteiger partial charge in [-0.1, -0.05) is 23.5 Å². The molecule has 0 unspecified atom stereocenters. The highest BCUT2D eigenvalue weighted by Crippen LogP contribution is 2.32. The number of ether oxygens (including phenoxy) is 1. The number of amides is 2. The van der Waals surface area contributed by atoms with E-state index >= 15 is 0 Å². The van der Waals surface area contributed by atoms with E-state index in [-0.39, 0.29) is 6.03 Å². The van der Waals surface area contributed by atoms with Crippen molar-refractivity contribution in [1.82, 2.24) is 4.98 Å². The lowest BCUT2D eigenvalue weighted by Gasteiger charge is -2.07. The molecule has 0 fully saturated rings. The maximum Gasteiger partial charge on any atom is 0.325 e. The summed E-state index contributed by atoms with van der Waals surface area (Å²) < 4.78 is 6.25. The van der Waals surface area contributed by atoms with Crippen LogP contribution in [0.5, 0.6) is 5.75 Å². The summed E-state index contributed by atoms with van der Waals surface area (Å²) in [4.78, 5) is 16.5. The molecule has 2 N–H and O–H groups in total. The van der Waals surface area contributed by atoms with Gasteiger partial charge in [0.1, 0.15) is 11.3 Å². The van der Waals surface area contributed by atoms with Crippen molar-refractivity contribution in [3.05, 3.63) is 47.5 Å². The minimum atomic E-state index is -0.314. The first-order chi connectivity index (χ1) is 11.1. The summed E-state index contributed by atoms with van der Waals surface area (Å²) >= 11 is 1.41. The molecule has 0 saturated heterocycles. The molecule has 0 spiro atoms. The monoisotopic (exact) mass is 327 g/mol. The first-order valence-electron chi connectivity index (χ1n) is 7.15. The smallest absolute Gasteiger partial charge is 0.325 e. The van der Waals surface area contributed by atoms with E-state index in [9.17, 15) is 4.79 Å². The van der Waals surface area contributed by atoms with E-state index in [1.54, 1.807) is 7.11 Å². The van der Waals surface area contributed by atoms with Gasteiger partial charge in [-0.2, -0.15) is 0 Å². The molecule has 0 atom stereocenters. The third-order valence-electron chi connectivity index (χ3n) is 3.59. The molecule has 23 heavy (non-hydrogen) atoms. The van der Waals surface area contributed by atoms with Gasteiger partial charge < -0.3 is 10.1 Å². The van der Waals surface area contributed by atoms with Crippen LogP contribution in [0.4, 0.5) is 15.6 Å². The zero-order valence-electron chi connectivity index (χ0n) is 13.1. The first-order valence-corrected chi connectivity index (χ1v) is 7.97. The second-order valence-electron chi connectivity index (χ2n) is 5.20. The molecule has 2 amide bonds. The number of urea groups is 1. The van der Waals surface area contributed by atoms with Crippen LogP contribution in [-0.2, 0) is 0 Å². The van der Waals surface area contributed by atoms with E-state index in [0.29, 0.717) is 10.9 Å². The Morgan fingerprint density at radius 1 is 1.13 bits per heavy atom. The molecule has 0 saturated carbocycles. The van der Waals surface area contributed by atoms with Crippen LogP contribution in [0.2, 0.25) is 0 Å². The third-order valence-corrected chi connectivity index (χ3v) is 4.52. The summed E-state index contributed by atoms with van der Waals surface area (Å²) in [5.41, 5.74) is 3.83. The van der Waals surface area contributed by atoms with E-state index in [1.807, 2.05) is 50.2 Å². The number of aromatic nitrogens is 1. The van der Waals surface area contributed by atoms with Gasteiger partial charge in [-0.25, -0.2) is 9.78 Å². The summed E-state index contributed by atoms with van der Waals surface area (Å²) in [6.07, 6.45) is 0. The zero-order valence-corrected chi connectivity index (χ0v) is 14.0. The molecule has 1 aromatic heterocycles. The van der Waals surface area contributed by atoms with Crippen molar-refractivity contribution in [1.29, 1.82) is 0 Å². The molecule has 1 heterocycles. The molecule has 3 aromatic rings. The van der Waals surface area contributed by atoms with E-state index in [4.69, 9.17) is 4.74 Å². The minimum absolute atomic E-state index is 0.314. The SMILES string of the molecule is COc1cccc2sc(NC(=O)Nc3ccc(C)c(C)c3)nc12. The van der Waals surface area contributed by atoms with Crippen molar-refractivity contribution in [2.45, 2.75) is 13.8 Å². The van der Waals surface area contributed by atoms with Crippen molar-refractivity contribution < 1.29 is 9.53 Å². The van der Waals surface area contributed by atoms with E-state index in [1.165, 1.54) is 16.9 Å². The number of hydrogen-bond donors (Lipinski definition) is 2. The van der Waals surface area contributed by atoms with Gasteiger partial charge in [0.15, 0.2) is 5.13 Å².